The Hall–Kier alpha value is -1.43. The summed E-state index contributed by atoms with van der Waals surface area (Å²) < 4.78 is 11.2. The molecule has 112 valence electrons. The molecule has 0 fully saturated rings. The predicted molar refractivity (Wildman–Crippen MR) is 83.6 cm³/mol. The van der Waals surface area contributed by atoms with Crippen molar-refractivity contribution in [1.82, 2.24) is 10.3 Å². The number of rotatable bonds is 7. The third-order valence-electron chi connectivity index (χ3n) is 2.98. The Morgan fingerprint density at radius 2 is 2.15 bits per heavy atom. The molecule has 2 atom stereocenters. The van der Waals surface area contributed by atoms with Crippen molar-refractivity contribution in [3.05, 3.63) is 23.4 Å². The molecule has 0 bridgehead atoms. The van der Waals surface area contributed by atoms with Crippen LogP contribution in [0, 0.1) is 6.92 Å². The number of aromatic nitrogens is 1. The maximum atomic E-state index is 12.1. The molecule has 0 aromatic carbocycles. The minimum Gasteiger partial charge on any atom is -0.370 e. The fraction of sp³-hybridized carbons (Fsp3) is 0.571. The van der Waals surface area contributed by atoms with E-state index >= 15 is 0 Å². The van der Waals surface area contributed by atoms with Crippen LogP contribution in [0.25, 0.3) is 0 Å². The van der Waals surface area contributed by atoms with Crippen molar-refractivity contribution in [3.63, 3.8) is 0 Å². The van der Waals surface area contributed by atoms with E-state index in [9.17, 15) is 9.00 Å². The quantitative estimate of drug-likeness (QED) is 0.804. The van der Waals surface area contributed by atoms with Gasteiger partial charge in [0.25, 0.3) is 5.91 Å². The SMILES string of the molecule is CCNc1cc(C(=O)NCCC(C)S(C)=O)cc(C)n1. The van der Waals surface area contributed by atoms with Crippen LogP contribution in [0.4, 0.5) is 5.82 Å². The van der Waals surface area contributed by atoms with Gasteiger partial charge in [-0.15, -0.1) is 0 Å². The lowest BCUT2D eigenvalue weighted by Crippen LogP contribution is -2.27. The molecule has 0 spiro atoms. The summed E-state index contributed by atoms with van der Waals surface area (Å²) in [5, 5.41) is 6.04. The number of anilines is 1. The number of hydrogen-bond acceptors (Lipinski definition) is 4. The van der Waals surface area contributed by atoms with Gasteiger partial charge in [-0.3, -0.25) is 9.00 Å². The Morgan fingerprint density at radius 3 is 2.75 bits per heavy atom. The number of amides is 1. The first-order valence-electron chi connectivity index (χ1n) is 6.77. The molecule has 5 nitrogen and oxygen atoms in total. The zero-order chi connectivity index (χ0) is 15.1. The van der Waals surface area contributed by atoms with Gasteiger partial charge < -0.3 is 10.6 Å². The standard InChI is InChI=1S/C14H23N3O2S/c1-5-15-13-9-12(8-10(2)17-13)14(18)16-7-6-11(3)20(4)19/h8-9,11H,5-7H2,1-4H3,(H,15,17)(H,16,18). The van der Waals surface area contributed by atoms with Crippen molar-refractivity contribution in [2.75, 3.05) is 24.7 Å². The normalized spacial score (nSPS) is 13.6. The van der Waals surface area contributed by atoms with Gasteiger partial charge in [-0.05, 0) is 32.4 Å². The average Bonchev–Trinajstić information content (AvgIpc) is 2.38. The molecule has 0 saturated carbocycles. The minimum absolute atomic E-state index is 0.0896. The van der Waals surface area contributed by atoms with Crippen molar-refractivity contribution in [3.8, 4) is 0 Å². The molecule has 1 aromatic rings. The third-order valence-corrected chi connectivity index (χ3v) is 4.35. The largest absolute Gasteiger partial charge is 0.370 e. The van der Waals surface area contributed by atoms with E-state index in [1.54, 1.807) is 18.4 Å². The molecule has 2 N–H and O–H groups in total. The summed E-state index contributed by atoms with van der Waals surface area (Å²) in [5.41, 5.74) is 1.40. The predicted octanol–water partition coefficient (Wildman–Crippen LogP) is 1.71. The van der Waals surface area contributed by atoms with Crippen molar-refractivity contribution >= 4 is 22.5 Å². The maximum absolute atomic E-state index is 12.1. The molecular weight excluding hydrogens is 274 g/mol. The van der Waals surface area contributed by atoms with Crippen LogP contribution in [0.3, 0.4) is 0 Å². The van der Waals surface area contributed by atoms with Gasteiger partial charge in [0, 0.05) is 46.7 Å². The van der Waals surface area contributed by atoms with Crippen LogP contribution in [0.15, 0.2) is 12.1 Å². The fourth-order valence-corrected chi connectivity index (χ4v) is 2.18. The molecule has 1 rings (SSSR count). The molecule has 0 saturated heterocycles. The van der Waals surface area contributed by atoms with Crippen LogP contribution in [0.5, 0.6) is 0 Å². The van der Waals surface area contributed by atoms with Gasteiger partial charge in [-0.25, -0.2) is 4.98 Å². The second-order valence-corrected chi connectivity index (χ2v) is 6.57. The average molecular weight is 297 g/mol. The monoisotopic (exact) mass is 297 g/mol. The van der Waals surface area contributed by atoms with E-state index < -0.39 is 10.8 Å². The van der Waals surface area contributed by atoms with E-state index in [0.29, 0.717) is 24.3 Å². The van der Waals surface area contributed by atoms with Crippen LogP contribution >= 0.6 is 0 Å². The number of carbonyl (C=O) groups excluding carboxylic acids is 1. The summed E-state index contributed by atoms with van der Waals surface area (Å²) in [7, 11) is -0.851. The summed E-state index contributed by atoms with van der Waals surface area (Å²) in [5.74, 6) is 0.587. The highest BCUT2D eigenvalue weighted by Gasteiger charge is 2.10. The Morgan fingerprint density at radius 1 is 1.45 bits per heavy atom. The molecule has 20 heavy (non-hydrogen) atoms. The van der Waals surface area contributed by atoms with Crippen molar-refractivity contribution in [2.24, 2.45) is 0 Å². The molecule has 0 aliphatic heterocycles. The van der Waals surface area contributed by atoms with E-state index in [4.69, 9.17) is 0 Å². The van der Waals surface area contributed by atoms with E-state index in [1.165, 1.54) is 0 Å². The number of aryl methyl sites for hydroxylation is 1. The number of nitrogens with one attached hydrogen (secondary N) is 2. The van der Waals surface area contributed by atoms with E-state index in [1.807, 2.05) is 20.8 Å². The second kappa shape index (κ2) is 7.99. The van der Waals surface area contributed by atoms with Crippen LogP contribution in [-0.2, 0) is 10.8 Å². The van der Waals surface area contributed by atoms with Gasteiger partial charge in [0.15, 0.2) is 0 Å². The molecule has 1 heterocycles. The molecule has 6 heteroatoms. The molecule has 2 unspecified atom stereocenters. The van der Waals surface area contributed by atoms with Gasteiger partial charge in [-0.2, -0.15) is 0 Å². The highest BCUT2D eigenvalue weighted by Crippen LogP contribution is 2.10. The van der Waals surface area contributed by atoms with Crippen LogP contribution in [-0.4, -0.2) is 39.7 Å². The van der Waals surface area contributed by atoms with Crippen molar-refractivity contribution in [2.45, 2.75) is 32.4 Å². The highest BCUT2D eigenvalue weighted by molar-refractivity contribution is 7.84. The summed E-state index contributed by atoms with van der Waals surface area (Å²) in [6.45, 7) is 7.05. The molecule has 0 radical (unpaired) electrons. The molecule has 1 aromatic heterocycles. The second-order valence-electron chi connectivity index (χ2n) is 4.77. The van der Waals surface area contributed by atoms with Crippen LogP contribution in [0.2, 0.25) is 0 Å². The Bertz CT molecular complexity index is 491. The molecule has 1 amide bonds. The van der Waals surface area contributed by atoms with Gasteiger partial charge in [0.2, 0.25) is 0 Å². The first kappa shape index (κ1) is 16.6. The number of nitrogens with zero attached hydrogens (tertiary/aromatic N) is 1. The number of pyridine rings is 1. The Labute approximate surface area is 123 Å². The Kier molecular flexibility index (Phi) is 6.64. The minimum atomic E-state index is -0.851. The Balaban J connectivity index is 2.61. The van der Waals surface area contributed by atoms with Gasteiger partial charge >= 0.3 is 0 Å². The highest BCUT2D eigenvalue weighted by atomic mass is 32.2. The first-order valence-corrected chi connectivity index (χ1v) is 8.39. The smallest absolute Gasteiger partial charge is 0.251 e. The zero-order valence-corrected chi connectivity index (χ0v) is 13.3. The van der Waals surface area contributed by atoms with Crippen molar-refractivity contribution < 1.29 is 9.00 Å². The number of carbonyl (C=O) groups is 1. The first-order chi connectivity index (χ1) is 9.43. The van der Waals surface area contributed by atoms with Crippen LogP contribution < -0.4 is 10.6 Å². The topological polar surface area (TPSA) is 71.1 Å². The summed E-state index contributed by atoms with van der Waals surface area (Å²) in [6, 6.07) is 3.50. The van der Waals surface area contributed by atoms with Crippen LogP contribution in [0.1, 0.15) is 36.3 Å². The lowest BCUT2D eigenvalue weighted by molar-refractivity contribution is 0.0953. The summed E-state index contributed by atoms with van der Waals surface area (Å²) in [6.07, 6.45) is 2.39. The van der Waals surface area contributed by atoms with Gasteiger partial charge in [0.1, 0.15) is 5.82 Å². The molecule has 0 aliphatic rings. The summed E-state index contributed by atoms with van der Waals surface area (Å²) >= 11 is 0. The van der Waals surface area contributed by atoms with E-state index in [-0.39, 0.29) is 11.2 Å². The third kappa shape index (κ3) is 5.28. The number of hydrogen-bond donors (Lipinski definition) is 2. The van der Waals surface area contributed by atoms with E-state index in [0.717, 1.165) is 12.2 Å². The molecule has 0 aliphatic carbocycles. The zero-order valence-electron chi connectivity index (χ0n) is 12.5. The lowest BCUT2D eigenvalue weighted by atomic mass is 10.2. The lowest BCUT2D eigenvalue weighted by Gasteiger charge is -2.11. The molecular formula is C14H23N3O2S. The summed E-state index contributed by atoms with van der Waals surface area (Å²) in [4.78, 5) is 16.4. The fourth-order valence-electron chi connectivity index (χ4n) is 1.73. The van der Waals surface area contributed by atoms with Gasteiger partial charge in [-0.1, -0.05) is 6.92 Å². The van der Waals surface area contributed by atoms with Crippen molar-refractivity contribution in [1.29, 1.82) is 0 Å². The van der Waals surface area contributed by atoms with E-state index in [2.05, 4.69) is 15.6 Å². The van der Waals surface area contributed by atoms with Gasteiger partial charge in [0.05, 0.1) is 0 Å². The maximum Gasteiger partial charge on any atom is 0.251 e.